The molecule has 4 rings (SSSR count). The van der Waals surface area contributed by atoms with E-state index < -0.39 is 24.4 Å². The number of nitrogens with one attached hydrogen (secondary N) is 1. The van der Waals surface area contributed by atoms with Gasteiger partial charge in [-0.15, -0.1) is 13.2 Å². The number of benzene rings is 2. The van der Waals surface area contributed by atoms with E-state index in [9.17, 15) is 23.1 Å². The Hall–Kier alpha value is -3.73. The van der Waals surface area contributed by atoms with Crippen LogP contribution >= 0.6 is 0 Å². The first-order chi connectivity index (χ1) is 16.6. The number of methoxy groups -OCH3 is 1. The van der Waals surface area contributed by atoms with Crippen LogP contribution in [-0.4, -0.2) is 59.3 Å². The molecule has 0 saturated carbocycles. The lowest BCUT2D eigenvalue weighted by Gasteiger charge is -2.38. The van der Waals surface area contributed by atoms with Crippen molar-refractivity contribution in [2.24, 2.45) is 0 Å². The third kappa shape index (κ3) is 5.86. The zero-order chi connectivity index (χ0) is 25.2. The lowest BCUT2D eigenvalue weighted by molar-refractivity contribution is -0.274. The van der Waals surface area contributed by atoms with Gasteiger partial charge in [0, 0.05) is 36.6 Å². The molecule has 0 radical (unpaired) electrons. The van der Waals surface area contributed by atoms with Crippen LogP contribution in [0.2, 0.25) is 0 Å². The summed E-state index contributed by atoms with van der Waals surface area (Å²) in [4.78, 5) is 19.0. The number of aliphatic hydroxyl groups is 1. The van der Waals surface area contributed by atoms with Crippen molar-refractivity contribution in [1.82, 2.24) is 14.9 Å². The first-order valence-electron chi connectivity index (χ1n) is 10.9. The third-order valence-electron chi connectivity index (χ3n) is 5.74. The summed E-state index contributed by atoms with van der Waals surface area (Å²) in [7, 11) is 1.50. The van der Waals surface area contributed by atoms with Crippen LogP contribution in [0.25, 0.3) is 5.69 Å². The van der Waals surface area contributed by atoms with Gasteiger partial charge in [-0.05, 0) is 43.7 Å². The normalized spacial score (nSPS) is 18.3. The van der Waals surface area contributed by atoms with Crippen molar-refractivity contribution >= 4 is 11.6 Å². The summed E-state index contributed by atoms with van der Waals surface area (Å²) in [6, 6.07) is 9.97. The first-order valence-corrected chi connectivity index (χ1v) is 10.9. The number of ether oxygens (including phenoxy) is 2. The van der Waals surface area contributed by atoms with E-state index in [1.807, 2.05) is 13.1 Å². The third-order valence-corrected chi connectivity index (χ3v) is 5.74. The maximum absolute atomic E-state index is 13.0. The van der Waals surface area contributed by atoms with Crippen molar-refractivity contribution < 1.29 is 32.5 Å². The fraction of sp³-hybridized carbons (Fsp3) is 0.333. The van der Waals surface area contributed by atoms with Crippen molar-refractivity contribution in [1.29, 1.82) is 0 Å². The van der Waals surface area contributed by atoms with E-state index in [0.29, 0.717) is 30.0 Å². The Morgan fingerprint density at radius 3 is 2.71 bits per heavy atom. The molecule has 2 unspecified atom stereocenters. The number of aromatic nitrogens is 2. The minimum Gasteiger partial charge on any atom is -0.495 e. The number of anilines is 1. The maximum Gasteiger partial charge on any atom is 0.573 e. The fourth-order valence-corrected chi connectivity index (χ4v) is 4.03. The molecule has 2 atom stereocenters. The smallest absolute Gasteiger partial charge is 0.495 e. The molecule has 1 amide bonds. The molecule has 2 N–H and O–H groups in total. The molecule has 186 valence electrons. The molecule has 2 aromatic carbocycles. The first kappa shape index (κ1) is 24.4. The molecule has 1 aliphatic heterocycles. The van der Waals surface area contributed by atoms with Gasteiger partial charge < -0.3 is 29.4 Å². The summed E-state index contributed by atoms with van der Waals surface area (Å²) in [5.41, 5.74) is 2.39. The second-order valence-electron chi connectivity index (χ2n) is 8.24. The van der Waals surface area contributed by atoms with Crippen LogP contribution < -0.4 is 19.7 Å². The fourth-order valence-electron chi connectivity index (χ4n) is 4.03. The van der Waals surface area contributed by atoms with Gasteiger partial charge in [-0.2, -0.15) is 0 Å². The second kappa shape index (κ2) is 9.87. The second-order valence-corrected chi connectivity index (χ2v) is 8.24. The number of carbonyl (C=O) groups is 1. The number of hydrogen-bond donors (Lipinski definition) is 2. The quantitative estimate of drug-likeness (QED) is 0.550. The molecule has 35 heavy (non-hydrogen) atoms. The van der Waals surface area contributed by atoms with E-state index in [-0.39, 0.29) is 12.3 Å². The standard InChI is InChI=1S/C24H25F3N4O4/c1-15-12-31(14-28-15)20-7-6-16(10-22(20)34-2)23(33)29-19-13-30(9-8-21(19)32)17-4-3-5-18(11-17)35-24(25,26)27/h3-7,10-12,14,19,21,32H,8-9,13H2,1-2H3,(H,29,33). The van der Waals surface area contributed by atoms with E-state index in [4.69, 9.17) is 4.74 Å². The molecule has 8 nitrogen and oxygen atoms in total. The van der Waals surface area contributed by atoms with Crippen LogP contribution in [0.4, 0.5) is 18.9 Å². The SMILES string of the molecule is COc1cc(C(=O)NC2CN(c3cccc(OC(F)(F)F)c3)CCC2O)ccc1-n1cnc(C)c1. The number of carbonyl (C=O) groups excluding carboxylic acids is 1. The Morgan fingerprint density at radius 1 is 1.23 bits per heavy atom. The van der Waals surface area contributed by atoms with Gasteiger partial charge >= 0.3 is 6.36 Å². The van der Waals surface area contributed by atoms with Crippen molar-refractivity contribution in [3.05, 3.63) is 66.2 Å². The molecule has 11 heteroatoms. The van der Waals surface area contributed by atoms with Gasteiger partial charge in [0.25, 0.3) is 5.91 Å². The van der Waals surface area contributed by atoms with Gasteiger partial charge in [-0.1, -0.05) is 6.07 Å². The number of imidazole rings is 1. The van der Waals surface area contributed by atoms with Crippen molar-refractivity contribution in [3.63, 3.8) is 0 Å². The van der Waals surface area contributed by atoms with E-state index in [0.717, 1.165) is 11.4 Å². The zero-order valence-electron chi connectivity index (χ0n) is 19.1. The Balaban J connectivity index is 1.47. The summed E-state index contributed by atoms with van der Waals surface area (Å²) in [5.74, 6) is -0.263. The van der Waals surface area contributed by atoms with Crippen LogP contribution in [-0.2, 0) is 0 Å². The molecule has 1 aromatic heterocycles. The van der Waals surface area contributed by atoms with Gasteiger partial charge in [0.05, 0.1) is 37.0 Å². The summed E-state index contributed by atoms with van der Waals surface area (Å²) < 4.78 is 49.0. The van der Waals surface area contributed by atoms with Gasteiger partial charge in [-0.3, -0.25) is 4.79 Å². The predicted molar refractivity (Wildman–Crippen MR) is 122 cm³/mol. The minimum absolute atomic E-state index is 0.214. The number of aryl methyl sites for hydroxylation is 1. The summed E-state index contributed by atoms with van der Waals surface area (Å²) in [6.07, 6.45) is -1.79. The molecule has 3 aromatic rings. The number of aliphatic hydroxyl groups excluding tert-OH is 1. The lowest BCUT2D eigenvalue weighted by atomic mass is 10.0. The van der Waals surface area contributed by atoms with Crippen molar-refractivity contribution in [3.8, 4) is 17.2 Å². The van der Waals surface area contributed by atoms with Crippen LogP contribution in [0.15, 0.2) is 55.0 Å². The molecule has 1 saturated heterocycles. The van der Waals surface area contributed by atoms with E-state index in [1.54, 1.807) is 40.1 Å². The maximum atomic E-state index is 13.0. The number of rotatable bonds is 6. The van der Waals surface area contributed by atoms with Crippen LogP contribution in [0.3, 0.4) is 0 Å². The highest BCUT2D eigenvalue weighted by Gasteiger charge is 2.32. The molecule has 2 heterocycles. The summed E-state index contributed by atoms with van der Waals surface area (Å²) >= 11 is 0. The van der Waals surface area contributed by atoms with Crippen LogP contribution in [0, 0.1) is 6.92 Å². The highest BCUT2D eigenvalue weighted by Crippen LogP contribution is 2.29. The molecule has 0 aliphatic carbocycles. The Labute approximate surface area is 199 Å². The Bertz CT molecular complexity index is 1200. The zero-order valence-corrected chi connectivity index (χ0v) is 19.1. The average Bonchev–Trinajstić information content (AvgIpc) is 3.25. The topological polar surface area (TPSA) is 88.9 Å². The molecular formula is C24H25F3N4O4. The predicted octanol–water partition coefficient (Wildman–Crippen LogP) is 3.46. The van der Waals surface area contributed by atoms with E-state index in [1.165, 1.54) is 25.3 Å². The van der Waals surface area contributed by atoms with Gasteiger partial charge in [0.2, 0.25) is 0 Å². The number of nitrogens with zero attached hydrogens (tertiary/aromatic N) is 3. The number of piperidine rings is 1. The average molecular weight is 490 g/mol. The van der Waals surface area contributed by atoms with Crippen LogP contribution in [0.5, 0.6) is 11.5 Å². The Kier molecular flexibility index (Phi) is 6.88. The number of hydrogen-bond acceptors (Lipinski definition) is 6. The highest BCUT2D eigenvalue weighted by molar-refractivity contribution is 5.95. The Morgan fingerprint density at radius 2 is 2.03 bits per heavy atom. The summed E-state index contributed by atoms with van der Waals surface area (Å²) in [5, 5.41) is 13.3. The van der Waals surface area contributed by atoms with Crippen molar-refractivity contribution in [2.75, 3.05) is 25.1 Å². The number of halogens is 3. The van der Waals surface area contributed by atoms with Gasteiger partial charge in [0.15, 0.2) is 0 Å². The highest BCUT2D eigenvalue weighted by atomic mass is 19.4. The largest absolute Gasteiger partial charge is 0.573 e. The number of alkyl halides is 3. The van der Waals surface area contributed by atoms with Gasteiger partial charge in [0.1, 0.15) is 11.5 Å². The molecular weight excluding hydrogens is 465 g/mol. The monoisotopic (exact) mass is 490 g/mol. The molecule has 0 spiro atoms. The van der Waals surface area contributed by atoms with Crippen molar-refractivity contribution in [2.45, 2.75) is 31.9 Å². The van der Waals surface area contributed by atoms with Crippen LogP contribution in [0.1, 0.15) is 22.5 Å². The minimum atomic E-state index is -4.79. The van der Waals surface area contributed by atoms with Gasteiger partial charge in [-0.25, -0.2) is 4.98 Å². The summed E-state index contributed by atoms with van der Waals surface area (Å²) in [6.45, 7) is 2.49. The molecule has 0 bridgehead atoms. The number of amides is 1. The molecule has 1 aliphatic rings. The van der Waals surface area contributed by atoms with E-state index in [2.05, 4.69) is 15.0 Å². The van der Waals surface area contributed by atoms with E-state index >= 15 is 0 Å². The molecule has 1 fully saturated rings. The lowest BCUT2D eigenvalue weighted by Crippen LogP contribution is -2.55.